The second-order valence-electron chi connectivity index (χ2n) is 3.24. The molecule has 15 heavy (non-hydrogen) atoms. The summed E-state index contributed by atoms with van der Waals surface area (Å²) >= 11 is 3.38. The summed E-state index contributed by atoms with van der Waals surface area (Å²) in [6, 6.07) is 7.46. The van der Waals surface area contributed by atoms with Crippen molar-refractivity contribution < 1.29 is 5.11 Å². The van der Waals surface area contributed by atoms with Crippen molar-refractivity contribution in [2.75, 3.05) is 11.9 Å². The van der Waals surface area contributed by atoms with Crippen LogP contribution < -0.4 is 5.32 Å². The lowest BCUT2D eigenvalue weighted by Gasteiger charge is -2.16. The number of aliphatic hydroxyl groups is 1. The fourth-order valence-electron chi connectivity index (χ4n) is 1.20. The fourth-order valence-corrected chi connectivity index (χ4v) is 1.69. The Kier molecular flexibility index (Phi) is 4.60. The molecule has 0 spiro atoms. The molecule has 0 amide bonds. The molecule has 0 bridgehead atoms. The molecule has 1 aromatic rings. The predicted molar refractivity (Wildman–Crippen MR) is 63.6 cm³/mol. The van der Waals surface area contributed by atoms with Gasteiger partial charge in [-0.05, 0) is 40.5 Å². The average molecular weight is 269 g/mol. The van der Waals surface area contributed by atoms with Crippen LogP contribution in [-0.4, -0.2) is 17.8 Å². The molecule has 1 unspecified atom stereocenters. The third-order valence-corrected chi connectivity index (χ3v) is 2.83. The van der Waals surface area contributed by atoms with Crippen molar-refractivity contribution in [1.82, 2.24) is 0 Å². The molecule has 1 atom stereocenters. The SMILES string of the molecule is CCC(CO)Nc1ccc(C#N)cc1Br. The zero-order valence-electron chi connectivity index (χ0n) is 8.50. The lowest BCUT2D eigenvalue weighted by molar-refractivity contribution is 0.272. The lowest BCUT2D eigenvalue weighted by atomic mass is 10.2. The van der Waals surface area contributed by atoms with Gasteiger partial charge in [0.05, 0.1) is 18.2 Å². The van der Waals surface area contributed by atoms with Crippen LogP contribution in [0.3, 0.4) is 0 Å². The first-order valence-electron chi connectivity index (χ1n) is 4.78. The van der Waals surface area contributed by atoms with E-state index in [-0.39, 0.29) is 12.6 Å². The first-order chi connectivity index (χ1) is 7.21. The van der Waals surface area contributed by atoms with Gasteiger partial charge in [0, 0.05) is 16.2 Å². The molecule has 0 heterocycles. The van der Waals surface area contributed by atoms with E-state index in [9.17, 15) is 0 Å². The summed E-state index contributed by atoms with van der Waals surface area (Å²) in [7, 11) is 0. The Morgan fingerprint density at radius 1 is 1.60 bits per heavy atom. The standard InChI is InChI=1S/C11H13BrN2O/c1-2-9(7-15)14-11-4-3-8(6-13)5-10(11)12/h3-5,9,14-15H,2,7H2,1H3. The van der Waals surface area contributed by atoms with Crippen molar-refractivity contribution in [1.29, 1.82) is 5.26 Å². The van der Waals surface area contributed by atoms with E-state index in [0.717, 1.165) is 16.6 Å². The highest BCUT2D eigenvalue weighted by molar-refractivity contribution is 9.10. The molecule has 1 rings (SSSR count). The number of halogens is 1. The molecule has 0 saturated carbocycles. The maximum Gasteiger partial charge on any atom is 0.0992 e. The Labute approximate surface area is 97.9 Å². The minimum Gasteiger partial charge on any atom is -0.394 e. The molecule has 0 aliphatic rings. The van der Waals surface area contributed by atoms with Crippen molar-refractivity contribution in [3.63, 3.8) is 0 Å². The van der Waals surface area contributed by atoms with E-state index in [1.54, 1.807) is 12.1 Å². The molecule has 0 aliphatic carbocycles. The van der Waals surface area contributed by atoms with Crippen LogP contribution in [0.2, 0.25) is 0 Å². The molecule has 0 aromatic heterocycles. The van der Waals surface area contributed by atoms with Gasteiger partial charge in [0.1, 0.15) is 0 Å². The van der Waals surface area contributed by atoms with Crippen LogP contribution in [0.15, 0.2) is 22.7 Å². The summed E-state index contributed by atoms with van der Waals surface area (Å²) < 4.78 is 0.841. The zero-order chi connectivity index (χ0) is 11.3. The monoisotopic (exact) mass is 268 g/mol. The van der Waals surface area contributed by atoms with Gasteiger partial charge in [-0.25, -0.2) is 0 Å². The highest BCUT2D eigenvalue weighted by atomic mass is 79.9. The number of rotatable bonds is 4. The number of aliphatic hydroxyl groups excluding tert-OH is 1. The number of nitriles is 1. The van der Waals surface area contributed by atoms with Crippen LogP contribution in [0.5, 0.6) is 0 Å². The smallest absolute Gasteiger partial charge is 0.0992 e. The first-order valence-corrected chi connectivity index (χ1v) is 5.57. The van der Waals surface area contributed by atoms with Crippen molar-refractivity contribution in [3.05, 3.63) is 28.2 Å². The summed E-state index contributed by atoms with van der Waals surface area (Å²) in [5, 5.41) is 20.9. The fraction of sp³-hybridized carbons (Fsp3) is 0.364. The van der Waals surface area contributed by atoms with Gasteiger partial charge >= 0.3 is 0 Å². The number of nitrogens with one attached hydrogen (secondary N) is 1. The molecule has 1 aromatic carbocycles. The number of benzene rings is 1. The molecule has 4 heteroatoms. The number of nitrogens with zero attached hydrogens (tertiary/aromatic N) is 1. The average Bonchev–Trinajstić information content (AvgIpc) is 2.27. The second kappa shape index (κ2) is 5.74. The molecule has 2 N–H and O–H groups in total. The first kappa shape index (κ1) is 12.0. The van der Waals surface area contributed by atoms with Gasteiger partial charge in [-0.2, -0.15) is 5.26 Å². The molecule has 0 saturated heterocycles. The zero-order valence-corrected chi connectivity index (χ0v) is 10.1. The maximum absolute atomic E-state index is 9.05. The van der Waals surface area contributed by atoms with Gasteiger partial charge in [0.2, 0.25) is 0 Å². The van der Waals surface area contributed by atoms with Crippen LogP contribution in [0, 0.1) is 11.3 Å². The quantitative estimate of drug-likeness (QED) is 0.883. The Hall–Kier alpha value is -1.05. The van der Waals surface area contributed by atoms with Gasteiger partial charge < -0.3 is 10.4 Å². The molecule has 0 radical (unpaired) electrons. The van der Waals surface area contributed by atoms with E-state index in [4.69, 9.17) is 10.4 Å². The molecule has 0 fully saturated rings. The third kappa shape index (κ3) is 3.22. The van der Waals surface area contributed by atoms with E-state index < -0.39 is 0 Å². The van der Waals surface area contributed by atoms with Crippen molar-refractivity contribution in [2.24, 2.45) is 0 Å². The van der Waals surface area contributed by atoms with Crippen LogP contribution >= 0.6 is 15.9 Å². The highest BCUT2D eigenvalue weighted by Gasteiger charge is 2.07. The lowest BCUT2D eigenvalue weighted by Crippen LogP contribution is -2.22. The molecule has 0 aliphatic heterocycles. The van der Waals surface area contributed by atoms with Gasteiger partial charge in [-0.15, -0.1) is 0 Å². The van der Waals surface area contributed by atoms with E-state index in [1.165, 1.54) is 0 Å². The molecule has 3 nitrogen and oxygen atoms in total. The Balaban J connectivity index is 2.83. The van der Waals surface area contributed by atoms with Crippen LogP contribution in [0.4, 0.5) is 5.69 Å². The van der Waals surface area contributed by atoms with E-state index in [0.29, 0.717) is 5.56 Å². The van der Waals surface area contributed by atoms with Crippen LogP contribution in [-0.2, 0) is 0 Å². The Morgan fingerprint density at radius 2 is 2.33 bits per heavy atom. The number of hydrogen-bond donors (Lipinski definition) is 2. The molecular formula is C11H13BrN2O. The minimum absolute atomic E-state index is 0.0502. The maximum atomic E-state index is 9.05. The highest BCUT2D eigenvalue weighted by Crippen LogP contribution is 2.24. The summed E-state index contributed by atoms with van der Waals surface area (Å²) in [6.45, 7) is 2.11. The van der Waals surface area contributed by atoms with E-state index >= 15 is 0 Å². The Morgan fingerprint density at radius 3 is 2.80 bits per heavy atom. The molecular weight excluding hydrogens is 256 g/mol. The Bertz CT molecular complexity index is 369. The second-order valence-corrected chi connectivity index (χ2v) is 4.09. The number of anilines is 1. The summed E-state index contributed by atoms with van der Waals surface area (Å²) in [4.78, 5) is 0. The van der Waals surface area contributed by atoms with Crippen molar-refractivity contribution in [3.8, 4) is 6.07 Å². The number of hydrogen-bond acceptors (Lipinski definition) is 3. The molecule has 80 valence electrons. The van der Waals surface area contributed by atoms with Gasteiger partial charge in [-0.3, -0.25) is 0 Å². The third-order valence-electron chi connectivity index (χ3n) is 2.17. The largest absolute Gasteiger partial charge is 0.394 e. The van der Waals surface area contributed by atoms with Gasteiger partial charge in [0.15, 0.2) is 0 Å². The van der Waals surface area contributed by atoms with Gasteiger partial charge in [-0.1, -0.05) is 6.92 Å². The van der Waals surface area contributed by atoms with E-state index in [2.05, 4.69) is 27.3 Å². The van der Waals surface area contributed by atoms with E-state index in [1.807, 2.05) is 13.0 Å². The summed E-state index contributed by atoms with van der Waals surface area (Å²) in [6.07, 6.45) is 0.850. The predicted octanol–water partition coefficient (Wildman–Crippen LogP) is 2.50. The van der Waals surface area contributed by atoms with Crippen LogP contribution in [0.25, 0.3) is 0 Å². The van der Waals surface area contributed by atoms with Crippen molar-refractivity contribution >= 4 is 21.6 Å². The summed E-state index contributed by atoms with van der Waals surface area (Å²) in [5.41, 5.74) is 1.51. The summed E-state index contributed by atoms with van der Waals surface area (Å²) in [5.74, 6) is 0. The normalized spacial score (nSPS) is 11.9. The van der Waals surface area contributed by atoms with Crippen LogP contribution in [0.1, 0.15) is 18.9 Å². The topological polar surface area (TPSA) is 56.0 Å². The minimum atomic E-state index is 0.0502. The van der Waals surface area contributed by atoms with Gasteiger partial charge in [0.25, 0.3) is 0 Å². The van der Waals surface area contributed by atoms with Crippen molar-refractivity contribution in [2.45, 2.75) is 19.4 Å².